The Morgan fingerprint density at radius 3 is 2.62 bits per heavy atom. The summed E-state index contributed by atoms with van der Waals surface area (Å²) in [5.74, 6) is 0.204. The minimum absolute atomic E-state index is 0.0379. The van der Waals surface area contributed by atoms with Gasteiger partial charge in [-0.3, -0.25) is 0 Å². The largest absolute Gasteiger partial charge is 0.312 e. The summed E-state index contributed by atoms with van der Waals surface area (Å²) in [4.78, 5) is 0. The highest BCUT2D eigenvalue weighted by Crippen LogP contribution is 2.57. The van der Waals surface area contributed by atoms with Gasteiger partial charge in [0.1, 0.15) is 5.92 Å². The van der Waals surface area contributed by atoms with Gasteiger partial charge < -0.3 is 5.41 Å². The molecule has 0 amide bonds. The first-order valence-electron chi connectivity index (χ1n) is 7.75. The molecule has 0 spiro atoms. The van der Waals surface area contributed by atoms with E-state index < -0.39 is 0 Å². The molecule has 106 valence electrons. The highest BCUT2D eigenvalue weighted by atomic mass is 15.2. The maximum Gasteiger partial charge on any atom is 0.213 e. The monoisotopic (exact) mass is 277 g/mol. The fraction of sp³-hybridized carbons (Fsp3) is 0.368. The van der Waals surface area contributed by atoms with Gasteiger partial charge >= 0.3 is 0 Å². The fourth-order valence-electron chi connectivity index (χ4n) is 4.70. The molecule has 1 aromatic heterocycles. The molecule has 2 aliphatic rings. The second-order valence-corrected chi connectivity index (χ2v) is 6.69. The maximum atomic E-state index is 7.94. The van der Waals surface area contributed by atoms with Gasteiger partial charge in [-0.1, -0.05) is 25.1 Å². The van der Waals surface area contributed by atoms with E-state index in [1.54, 1.807) is 6.21 Å². The number of rotatable bonds is 2. The van der Waals surface area contributed by atoms with E-state index in [1.807, 2.05) is 0 Å². The normalized spacial score (nSPS) is 31.9. The molecular formula is C19H21N2+. The molecule has 3 atom stereocenters. The zero-order valence-electron chi connectivity index (χ0n) is 12.9. The molecule has 2 aromatic rings. The van der Waals surface area contributed by atoms with Crippen molar-refractivity contribution >= 4 is 6.21 Å². The van der Waals surface area contributed by atoms with Crippen LogP contribution in [0, 0.1) is 5.41 Å². The first kappa shape index (κ1) is 12.8. The number of aromatic nitrogens is 1. The van der Waals surface area contributed by atoms with Crippen molar-refractivity contribution in [3.05, 3.63) is 53.7 Å². The van der Waals surface area contributed by atoms with E-state index in [0.29, 0.717) is 0 Å². The van der Waals surface area contributed by atoms with Gasteiger partial charge in [0.2, 0.25) is 5.69 Å². The van der Waals surface area contributed by atoms with Crippen LogP contribution >= 0.6 is 0 Å². The quantitative estimate of drug-likeness (QED) is 0.639. The zero-order chi connectivity index (χ0) is 14.8. The van der Waals surface area contributed by atoms with Crippen LogP contribution in [0.5, 0.6) is 0 Å². The third-order valence-electron chi connectivity index (χ3n) is 6.20. The van der Waals surface area contributed by atoms with E-state index >= 15 is 0 Å². The Morgan fingerprint density at radius 2 is 1.90 bits per heavy atom. The summed E-state index contributed by atoms with van der Waals surface area (Å²) in [6.45, 7) is 6.97. The average molecular weight is 277 g/mol. The van der Waals surface area contributed by atoms with Crippen LogP contribution in [0.25, 0.3) is 11.3 Å². The van der Waals surface area contributed by atoms with Crippen LogP contribution in [0.4, 0.5) is 0 Å². The van der Waals surface area contributed by atoms with Crippen molar-refractivity contribution in [2.45, 2.75) is 44.1 Å². The topological polar surface area (TPSA) is 27.7 Å². The fourth-order valence-corrected chi connectivity index (χ4v) is 4.70. The van der Waals surface area contributed by atoms with E-state index in [2.05, 4.69) is 67.8 Å². The summed E-state index contributed by atoms with van der Waals surface area (Å²) >= 11 is 0. The first-order chi connectivity index (χ1) is 10.1. The number of hydrogen-bond donors (Lipinski definition) is 1. The summed E-state index contributed by atoms with van der Waals surface area (Å²) in [6, 6.07) is 15.3. The van der Waals surface area contributed by atoms with Crippen molar-refractivity contribution in [2.24, 2.45) is 0 Å². The van der Waals surface area contributed by atoms with Gasteiger partial charge in [0.05, 0.1) is 11.0 Å². The van der Waals surface area contributed by atoms with Crippen LogP contribution in [0.15, 0.2) is 42.5 Å². The molecule has 0 saturated carbocycles. The Balaban J connectivity index is 2.15. The van der Waals surface area contributed by atoms with Gasteiger partial charge in [-0.05, 0) is 31.0 Å². The van der Waals surface area contributed by atoms with Crippen LogP contribution < -0.4 is 4.57 Å². The minimum Gasteiger partial charge on any atom is -0.312 e. The lowest BCUT2D eigenvalue weighted by atomic mass is 9.53. The Morgan fingerprint density at radius 1 is 1.14 bits per heavy atom. The van der Waals surface area contributed by atoms with Crippen molar-refractivity contribution in [2.75, 3.05) is 0 Å². The highest BCUT2D eigenvalue weighted by molar-refractivity contribution is 5.73. The molecule has 1 aromatic carbocycles. The van der Waals surface area contributed by atoms with Crippen molar-refractivity contribution in [3.8, 4) is 11.3 Å². The number of benzene rings is 1. The minimum atomic E-state index is -0.0379. The van der Waals surface area contributed by atoms with E-state index in [9.17, 15) is 0 Å². The van der Waals surface area contributed by atoms with E-state index in [1.165, 1.54) is 22.5 Å². The Labute approximate surface area is 126 Å². The third kappa shape index (κ3) is 1.17. The van der Waals surface area contributed by atoms with Gasteiger partial charge in [0.15, 0.2) is 11.2 Å². The SMILES string of the molecule is CCC1(C)c2ccccc2-c2cccc3[n+]2C1(C)C3C=N. The number of nitrogens with zero attached hydrogens (tertiary/aromatic N) is 1. The Kier molecular flexibility index (Phi) is 2.32. The molecule has 0 bridgehead atoms. The summed E-state index contributed by atoms with van der Waals surface area (Å²) in [5.41, 5.74) is 5.37. The molecule has 0 radical (unpaired) electrons. The van der Waals surface area contributed by atoms with E-state index in [-0.39, 0.29) is 16.9 Å². The molecule has 2 aliphatic heterocycles. The molecular weight excluding hydrogens is 256 g/mol. The van der Waals surface area contributed by atoms with Crippen molar-refractivity contribution in [3.63, 3.8) is 0 Å². The molecule has 21 heavy (non-hydrogen) atoms. The van der Waals surface area contributed by atoms with Crippen LogP contribution in [0.1, 0.15) is 44.4 Å². The van der Waals surface area contributed by atoms with Gasteiger partial charge in [0.25, 0.3) is 0 Å². The third-order valence-corrected chi connectivity index (χ3v) is 6.20. The Hall–Kier alpha value is -1.96. The number of pyridine rings is 1. The first-order valence-corrected chi connectivity index (χ1v) is 7.75. The standard InChI is InChI=1S/C19H21N2/c1-4-18(2)14-9-6-5-8-13(14)16-10-7-11-17-15(12-20)19(18,3)21(16)17/h5-12,15,20H,4H2,1-3H3/q+1. The summed E-state index contributed by atoms with van der Waals surface area (Å²) in [7, 11) is 0. The molecule has 3 unspecified atom stereocenters. The lowest BCUT2D eigenvalue weighted by Crippen LogP contribution is -2.79. The van der Waals surface area contributed by atoms with Gasteiger partial charge in [-0.25, -0.2) is 0 Å². The van der Waals surface area contributed by atoms with Crippen molar-refractivity contribution in [1.82, 2.24) is 0 Å². The van der Waals surface area contributed by atoms with Crippen LogP contribution in [-0.2, 0) is 11.0 Å². The molecule has 0 saturated heterocycles. The molecule has 0 aliphatic carbocycles. The number of fused-ring (bicyclic) bond motifs is 2. The molecule has 2 nitrogen and oxygen atoms in total. The second kappa shape index (κ2) is 3.82. The van der Waals surface area contributed by atoms with E-state index in [4.69, 9.17) is 5.41 Å². The highest BCUT2D eigenvalue weighted by Gasteiger charge is 2.69. The van der Waals surface area contributed by atoms with Crippen molar-refractivity contribution in [1.29, 1.82) is 5.41 Å². The van der Waals surface area contributed by atoms with E-state index in [0.717, 1.165) is 6.42 Å². The van der Waals surface area contributed by atoms with Crippen LogP contribution in [0.3, 0.4) is 0 Å². The number of hydrogen-bond acceptors (Lipinski definition) is 1. The van der Waals surface area contributed by atoms with Gasteiger partial charge in [0, 0.05) is 25.3 Å². The number of nitrogens with one attached hydrogen (secondary N) is 1. The summed E-state index contributed by atoms with van der Waals surface area (Å²) in [6.07, 6.45) is 2.71. The maximum absolute atomic E-state index is 7.94. The van der Waals surface area contributed by atoms with Crippen LogP contribution in [-0.4, -0.2) is 6.21 Å². The molecule has 3 heterocycles. The summed E-state index contributed by atoms with van der Waals surface area (Å²) < 4.78 is 2.48. The predicted octanol–water partition coefficient (Wildman–Crippen LogP) is 3.78. The predicted molar refractivity (Wildman–Crippen MR) is 84.9 cm³/mol. The average Bonchev–Trinajstić information content (AvgIpc) is 2.52. The van der Waals surface area contributed by atoms with Gasteiger partial charge in [-0.2, -0.15) is 4.57 Å². The zero-order valence-corrected chi connectivity index (χ0v) is 12.9. The molecule has 4 rings (SSSR count). The molecule has 0 fully saturated rings. The lowest BCUT2D eigenvalue weighted by molar-refractivity contribution is -0.813. The van der Waals surface area contributed by atoms with Gasteiger partial charge in [-0.15, -0.1) is 0 Å². The lowest BCUT2D eigenvalue weighted by Gasteiger charge is -2.54. The Bertz CT molecular complexity index is 764. The second-order valence-electron chi connectivity index (χ2n) is 6.69. The summed E-state index contributed by atoms with van der Waals surface area (Å²) in [5, 5.41) is 7.94. The van der Waals surface area contributed by atoms with Crippen molar-refractivity contribution < 1.29 is 4.57 Å². The van der Waals surface area contributed by atoms with Crippen LogP contribution in [0.2, 0.25) is 0 Å². The molecule has 1 N–H and O–H groups in total. The smallest absolute Gasteiger partial charge is 0.213 e. The molecule has 2 heteroatoms.